The molecule has 0 spiro atoms. The third-order valence-corrected chi connectivity index (χ3v) is 2.76. The summed E-state index contributed by atoms with van der Waals surface area (Å²) >= 11 is 3.31. The molecular weight excluding hydrogens is 246 g/mol. The Balaban J connectivity index is 2.24. The van der Waals surface area contributed by atoms with Gasteiger partial charge in [-0.3, -0.25) is 0 Å². The third-order valence-electron chi connectivity index (χ3n) is 2.32. The summed E-state index contributed by atoms with van der Waals surface area (Å²) in [6, 6.07) is 1.83. The Labute approximate surface area is 90.9 Å². The molecule has 1 fully saturated rings. The molecule has 76 valence electrons. The number of β-amino-alcohol motifs (C(OH)–C–C–N with tert-alkyl or cyclic N) is 1. The number of rotatable bonds is 1. The lowest BCUT2D eigenvalue weighted by Crippen LogP contribution is -2.23. The quantitative estimate of drug-likeness (QED) is 0.788. The van der Waals surface area contributed by atoms with E-state index in [2.05, 4.69) is 20.9 Å². The van der Waals surface area contributed by atoms with E-state index in [1.807, 2.05) is 11.0 Å². The number of aromatic nitrogens is 1. The summed E-state index contributed by atoms with van der Waals surface area (Å²) in [6.07, 6.45) is 2.26. The topological polar surface area (TPSA) is 62.4 Å². The van der Waals surface area contributed by atoms with Crippen LogP contribution in [0.4, 0.5) is 11.5 Å². The van der Waals surface area contributed by atoms with Gasteiger partial charge in [0.1, 0.15) is 0 Å². The first kappa shape index (κ1) is 9.73. The number of hydrogen-bond donors (Lipinski definition) is 2. The highest BCUT2D eigenvalue weighted by Gasteiger charge is 2.22. The van der Waals surface area contributed by atoms with Crippen LogP contribution in [0.2, 0.25) is 0 Å². The van der Waals surface area contributed by atoms with Crippen LogP contribution in [0.5, 0.6) is 0 Å². The van der Waals surface area contributed by atoms with Gasteiger partial charge in [-0.15, -0.1) is 0 Å². The van der Waals surface area contributed by atoms with Gasteiger partial charge in [-0.2, -0.15) is 0 Å². The lowest BCUT2D eigenvalue weighted by molar-refractivity contribution is 0.198. The number of nitrogen functional groups attached to an aromatic ring is 1. The first-order valence-electron chi connectivity index (χ1n) is 4.51. The van der Waals surface area contributed by atoms with Crippen molar-refractivity contribution >= 4 is 27.4 Å². The molecule has 0 saturated carbocycles. The Morgan fingerprint density at radius 3 is 3.00 bits per heavy atom. The van der Waals surface area contributed by atoms with E-state index in [0.717, 1.165) is 23.3 Å². The van der Waals surface area contributed by atoms with E-state index < -0.39 is 0 Å². The van der Waals surface area contributed by atoms with Crippen LogP contribution >= 0.6 is 15.9 Å². The van der Waals surface area contributed by atoms with Gasteiger partial charge in [-0.1, -0.05) is 0 Å². The lowest BCUT2D eigenvalue weighted by Gasteiger charge is -2.18. The van der Waals surface area contributed by atoms with E-state index in [0.29, 0.717) is 12.2 Å². The summed E-state index contributed by atoms with van der Waals surface area (Å²) in [5, 5.41) is 9.39. The number of hydrogen-bond acceptors (Lipinski definition) is 4. The van der Waals surface area contributed by atoms with E-state index in [1.54, 1.807) is 6.20 Å². The van der Waals surface area contributed by atoms with Crippen molar-refractivity contribution in [3.63, 3.8) is 0 Å². The SMILES string of the molecule is Nc1cc(Br)cnc1N1CCC(O)C1. The monoisotopic (exact) mass is 257 g/mol. The van der Waals surface area contributed by atoms with Crippen molar-refractivity contribution in [2.24, 2.45) is 0 Å². The maximum absolute atomic E-state index is 9.39. The summed E-state index contributed by atoms with van der Waals surface area (Å²) < 4.78 is 0.874. The van der Waals surface area contributed by atoms with E-state index in [-0.39, 0.29) is 6.10 Å². The number of aliphatic hydroxyl groups is 1. The molecule has 1 aliphatic heterocycles. The highest BCUT2D eigenvalue weighted by Crippen LogP contribution is 2.26. The molecule has 1 aromatic rings. The van der Waals surface area contributed by atoms with Crippen molar-refractivity contribution < 1.29 is 5.11 Å². The molecule has 5 heteroatoms. The number of nitrogens with zero attached hydrogens (tertiary/aromatic N) is 2. The van der Waals surface area contributed by atoms with Crippen LogP contribution in [0.25, 0.3) is 0 Å². The molecule has 14 heavy (non-hydrogen) atoms. The minimum absolute atomic E-state index is 0.250. The molecule has 0 radical (unpaired) electrons. The Hall–Kier alpha value is -0.810. The van der Waals surface area contributed by atoms with Crippen molar-refractivity contribution in [2.45, 2.75) is 12.5 Å². The molecule has 4 nitrogen and oxygen atoms in total. The Morgan fingerprint density at radius 2 is 2.43 bits per heavy atom. The van der Waals surface area contributed by atoms with Gasteiger partial charge in [-0.25, -0.2) is 4.98 Å². The van der Waals surface area contributed by atoms with Crippen molar-refractivity contribution in [2.75, 3.05) is 23.7 Å². The van der Waals surface area contributed by atoms with Gasteiger partial charge in [-0.05, 0) is 28.4 Å². The molecule has 0 aromatic carbocycles. The van der Waals surface area contributed by atoms with E-state index in [9.17, 15) is 5.11 Å². The molecule has 2 rings (SSSR count). The predicted octanol–water partition coefficient (Wildman–Crippen LogP) is 0.997. The van der Waals surface area contributed by atoms with Crippen molar-refractivity contribution in [3.05, 3.63) is 16.7 Å². The number of aliphatic hydroxyl groups excluding tert-OH is 1. The summed E-state index contributed by atoms with van der Waals surface area (Å²) in [5.41, 5.74) is 6.48. The number of pyridine rings is 1. The minimum atomic E-state index is -0.250. The van der Waals surface area contributed by atoms with Crippen LogP contribution in [0.1, 0.15) is 6.42 Å². The van der Waals surface area contributed by atoms with Gasteiger partial charge in [0.15, 0.2) is 5.82 Å². The average molecular weight is 258 g/mol. The summed E-state index contributed by atoms with van der Waals surface area (Å²) in [7, 11) is 0. The fraction of sp³-hybridized carbons (Fsp3) is 0.444. The molecule has 0 aliphatic carbocycles. The van der Waals surface area contributed by atoms with E-state index in [1.165, 1.54) is 0 Å². The maximum Gasteiger partial charge on any atom is 0.151 e. The molecule has 1 atom stereocenters. The molecule has 3 N–H and O–H groups in total. The second-order valence-corrected chi connectivity index (χ2v) is 4.37. The van der Waals surface area contributed by atoms with Gasteiger partial charge in [0.25, 0.3) is 0 Å². The second-order valence-electron chi connectivity index (χ2n) is 3.45. The molecule has 2 heterocycles. The van der Waals surface area contributed by atoms with Crippen LogP contribution in [0.3, 0.4) is 0 Å². The Morgan fingerprint density at radius 1 is 1.64 bits per heavy atom. The van der Waals surface area contributed by atoms with Gasteiger partial charge in [0, 0.05) is 23.8 Å². The zero-order chi connectivity index (χ0) is 10.1. The molecule has 1 unspecified atom stereocenters. The zero-order valence-corrected chi connectivity index (χ0v) is 9.24. The standard InChI is InChI=1S/C9H12BrN3O/c10-6-3-8(11)9(12-4-6)13-2-1-7(14)5-13/h3-4,7,14H,1-2,5,11H2. The van der Waals surface area contributed by atoms with Crippen molar-refractivity contribution in [1.82, 2.24) is 4.98 Å². The summed E-state index contributed by atoms with van der Waals surface area (Å²) in [4.78, 5) is 6.24. The van der Waals surface area contributed by atoms with Crippen LogP contribution in [-0.4, -0.2) is 29.3 Å². The molecule has 1 aromatic heterocycles. The molecule has 0 bridgehead atoms. The second kappa shape index (κ2) is 3.74. The fourth-order valence-corrected chi connectivity index (χ4v) is 2.00. The maximum atomic E-state index is 9.39. The fourth-order valence-electron chi connectivity index (χ4n) is 1.65. The number of anilines is 2. The first-order chi connectivity index (χ1) is 6.66. The van der Waals surface area contributed by atoms with Crippen LogP contribution in [0, 0.1) is 0 Å². The van der Waals surface area contributed by atoms with E-state index >= 15 is 0 Å². The molecule has 1 saturated heterocycles. The largest absolute Gasteiger partial charge is 0.396 e. The average Bonchev–Trinajstić information content (AvgIpc) is 2.51. The number of nitrogens with two attached hydrogens (primary N) is 1. The highest BCUT2D eigenvalue weighted by molar-refractivity contribution is 9.10. The molecular formula is C9H12BrN3O. The van der Waals surface area contributed by atoms with Crippen LogP contribution < -0.4 is 10.6 Å². The van der Waals surface area contributed by atoms with Crippen molar-refractivity contribution in [1.29, 1.82) is 0 Å². The highest BCUT2D eigenvalue weighted by atomic mass is 79.9. The lowest BCUT2D eigenvalue weighted by atomic mass is 10.3. The summed E-state index contributed by atoms with van der Waals surface area (Å²) in [6.45, 7) is 1.44. The zero-order valence-electron chi connectivity index (χ0n) is 7.65. The van der Waals surface area contributed by atoms with Gasteiger partial charge >= 0.3 is 0 Å². The number of halogens is 1. The normalized spacial score (nSPS) is 21.6. The minimum Gasteiger partial charge on any atom is -0.396 e. The third kappa shape index (κ3) is 1.83. The summed E-state index contributed by atoms with van der Waals surface area (Å²) in [5.74, 6) is 0.768. The smallest absolute Gasteiger partial charge is 0.151 e. The Bertz CT molecular complexity index is 345. The van der Waals surface area contributed by atoms with Gasteiger partial charge in [0.2, 0.25) is 0 Å². The van der Waals surface area contributed by atoms with Gasteiger partial charge in [0.05, 0.1) is 11.8 Å². The van der Waals surface area contributed by atoms with Crippen molar-refractivity contribution in [3.8, 4) is 0 Å². The molecule has 1 aliphatic rings. The van der Waals surface area contributed by atoms with Gasteiger partial charge < -0.3 is 15.7 Å². The predicted molar refractivity (Wildman–Crippen MR) is 59.2 cm³/mol. The van der Waals surface area contributed by atoms with Crippen LogP contribution in [-0.2, 0) is 0 Å². The van der Waals surface area contributed by atoms with E-state index in [4.69, 9.17) is 5.73 Å². The molecule has 0 amide bonds. The first-order valence-corrected chi connectivity index (χ1v) is 5.30. The van der Waals surface area contributed by atoms with Crippen LogP contribution in [0.15, 0.2) is 16.7 Å². The Kier molecular flexibility index (Phi) is 2.60.